The average Bonchev–Trinajstić information content (AvgIpc) is 2.82. The van der Waals surface area contributed by atoms with Crippen LogP contribution >= 0.6 is 0 Å². The Morgan fingerprint density at radius 1 is 1.30 bits per heavy atom. The minimum atomic E-state index is 0.428. The van der Waals surface area contributed by atoms with Crippen molar-refractivity contribution in [1.29, 1.82) is 0 Å². The van der Waals surface area contributed by atoms with Crippen LogP contribution in [0.3, 0.4) is 0 Å². The molecular formula is C16H20N4. The second kappa shape index (κ2) is 5.12. The Labute approximate surface area is 119 Å². The fourth-order valence-corrected chi connectivity index (χ4v) is 2.81. The lowest BCUT2D eigenvalue weighted by atomic mass is 10.1. The molecule has 4 heteroatoms. The van der Waals surface area contributed by atoms with Crippen molar-refractivity contribution in [3.63, 3.8) is 0 Å². The number of nitrogens with one attached hydrogen (secondary N) is 1. The van der Waals surface area contributed by atoms with Crippen LogP contribution in [0.25, 0.3) is 0 Å². The van der Waals surface area contributed by atoms with E-state index in [9.17, 15) is 0 Å². The molecule has 4 nitrogen and oxygen atoms in total. The maximum Gasteiger partial charge on any atom is 0.139 e. The molecule has 1 atom stereocenters. The summed E-state index contributed by atoms with van der Waals surface area (Å²) in [7, 11) is 1.90. The van der Waals surface area contributed by atoms with E-state index in [0.29, 0.717) is 6.04 Å². The maximum absolute atomic E-state index is 4.71. The molecule has 1 aliphatic rings. The Bertz CT molecular complexity index is 601. The van der Waals surface area contributed by atoms with E-state index < -0.39 is 0 Å². The first-order valence-corrected chi connectivity index (χ1v) is 7.15. The number of fused-ring (bicyclic) bond motifs is 1. The number of anilines is 3. The van der Waals surface area contributed by atoms with Gasteiger partial charge in [-0.15, -0.1) is 0 Å². The molecule has 0 radical (unpaired) electrons. The highest BCUT2D eigenvalue weighted by atomic mass is 15.2. The molecule has 1 aromatic carbocycles. The molecule has 0 fully saturated rings. The van der Waals surface area contributed by atoms with Crippen molar-refractivity contribution in [3.05, 3.63) is 41.7 Å². The Kier molecular flexibility index (Phi) is 3.30. The third-order valence-corrected chi connectivity index (χ3v) is 3.79. The molecule has 104 valence electrons. The summed E-state index contributed by atoms with van der Waals surface area (Å²) in [6.07, 6.45) is 1.91. The second-order valence-electron chi connectivity index (χ2n) is 5.18. The molecule has 0 saturated carbocycles. The van der Waals surface area contributed by atoms with Gasteiger partial charge in [0.1, 0.15) is 17.5 Å². The normalized spacial score (nSPS) is 17.1. The van der Waals surface area contributed by atoms with E-state index in [1.165, 1.54) is 11.3 Å². The van der Waals surface area contributed by atoms with Crippen LogP contribution in [-0.2, 0) is 12.8 Å². The Morgan fingerprint density at radius 2 is 2.10 bits per heavy atom. The van der Waals surface area contributed by atoms with Crippen molar-refractivity contribution in [3.8, 4) is 0 Å². The van der Waals surface area contributed by atoms with Crippen LogP contribution in [0.4, 0.5) is 17.3 Å². The minimum Gasteiger partial charge on any atom is -0.373 e. The number of aryl methyl sites for hydroxylation is 1. The standard InChI is InChI=1S/C16H20N4/c1-4-14-18-15(17-3)10-16(19-14)20-11(2)9-12-7-5-6-8-13(12)20/h5-8,10-11H,4,9H2,1-3H3,(H,17,18,19). The topological polar surface area (TPSA) is 41.1 Å². The highest BCUT2D eigenvalue weighted by molar-refractivity contribution is 5.70. The highest BCUT2D eigenvalue weighted by Crippen LogP contribution is 2.37. The molecule has 3 rings (SSSR count). The highest BCUT2D eigenvalue weighted by Gasteiger charge is 2.28. The van der Waals surface area contributed by atoms with E-state index in [-0.39, 0.29) is 0 Å². The summed E-state index contributed by atoms with van der Waals surface area (Å²) < 4.78 is 0. The van der Waals surface area contributed by atoms with Gasteiger partial charge in [-0.3, -0.25) is 0 Å². The Hall–Kier alpha value is -2.10. The lowest BCUT2D eigenvalue weighted by molar-refractivity contribution is 0.745. The molecule has 0 spiro atoms. The summed E-state index contributed by atoms with van der Waals surface area (Å²) in [6.45, 7) is 4.33. The number of benzene rings is 1. The molecule has 0 amide bonds. The minimum absolute atomic E-state index is 0.428. The molecule has 1 N–H and O–H groups in total. The fourth-order valence-electron chi connectivity index (χ4n) is 2.81. The number of hydrogen-bond acceptors (Lipinski definition) is 4. The number of aromatic nitrogens is 2. The summed E-state index contributed by atoms with van der Waals surface area (Å²) in [6, 6.07) is 11.0. The summed E-state index contributed by atoms with van der Waals surface area (Å²) in [5.74, 6) is 2.74. The summed E-state index contributed by atoms with van der Waals surface area (Å²) in [4.78, 5) is 11.5. The number of hydrogen-bond donors (Lipinski definition) is 1. The zero-order chi connectivity index (χ0) is 14.1. The van der Waals surface area contributed by atoms with E-state index in [4.69, 9.17) is 4.98 Å². The number of para-hydroxylation sites is 1. The molecule has 0 aliphatic carbocycles. The monoisotopic (exact) mass is 268 g/mol. The molecule has 0 bridgehead atoms. The van der Waals surface area contributed by atoms with Gasteiger partial charge in [-0.2, -0.15) is 0 Å². The van der Waals surface area contributed by atoms with E-state index in [1.807, 2.05) is 13.1 Å². The zero-order valence-corrected chi connectivity index (χ0v) is 12.2. The molecular weight excluding hydrogens is 248 g/mol. The van der Waals surface area contributed by atoms with Gasteiger partial charge in [0.05, 0.1) is 0 Å². The Balaban J connectivity index is 2.08. The predicted octanol–water partition coefficient (Wildman–Crippen LogP) is 3.16. The van der Waals surface area contributed by atoms with Crippen LogP contribution in [0.2, 0.25) is 0 Å². The van der Waals surface area contributed by atoms with Crippen LogP contribution in [-0.4, -0.2) is 23.1 Å². The first-order valence-electron chi connectivity index (χ1n) is 7.15. The van der Waals surface area contributed by atoms with Crippen molar-refractivity contribution >= 4 is 17.3 Å². The van der Waals surface area contributed by atoms with Crippen LogP contribution in [0.1, 0.15) is 25.2 Å². The van der Waals surface area contributed by atoms with Crippen LogP contribution < -0.4 is 10.2 Å². The molecule has 2 heterocycles. The number of nitrogens with zero attached hydrogens (tertiary/aromatic N) is 3. The lowest BCUT2D eigenvalue weighted by Gasteiger charge is -2.24. The van der Waals surface area contributed by atoms with Gasteiger partial charge in [-0.25, -0.2) is 9.97 Å². The first-order chi connectivity index (χ1) is 9.72. The third kappa shape index (κ3) is 2.11. The van der Waals surface area contributed by atoms with Gasteiger partial charge in [-0.05, 0) is 25.0 Å². The van der Waals surface area contributed by atoms with Crippen LogP contribution in [0, 0.1) is 0 Å². The van der Waals surface area contributed by atoms with E-state index >= 15 is 0 Å². The van der Waals surface area contributed by atoms with Crippen molar-refractivity contribution in [2.45, 2.75) is 32.7 Å². The van der Waals surface area contributed by atoms with Crippen molar-refractivity contribution in [2.24, 2.45) is 0 Å². The smallest absolute Gasteiger partial charge is 0.139 e. The summed E-state index contributed by atoms with van der Waals surface area (Å²) >= 11 is 0. The van der Waals surface area contributed by atoms with Gasteiger partial charge in [-0.1, -0.05) is 25.1 Å². The average molecular weight is 268 g/mol. The van der Waals surface area contributed by atoms with Gasteiger partial charge in [0.2, 0.25) is 0 Å². The fraction of sp³-hybridized carbons (Fsp3) is 0.375. The summed E-state index contributed by atoms with van der Waals surface area (Å²) in [5, 5.41) is 3.13. The molecule has 0 saturated heterocycles. The lowest BCUT2D eigenvalue weighted by Crippen LogP contribution is -2.25. The molecule has 20 heavy (non-hydrogen) atoms. The largest absolute Gasteiger partial charge is 0.373 e. The zero-order valence-electron chi connectivity index (χ0n) is 12.2. The van der Waals surface area contributed by atoms with Crippen molar-refractivity contribution in [1.82, 2.24) is 9.97 Å². The van der Waals surface area contributed by atoms with E-state index in [0.717, 1.165) is 30.3 Å². The molecule has 2 aromatic rings. The van der Waals surface area contributed by atoms with Gasteiger partial charge >= 0.3 is 0 Å². The first kappa shape index (κ1) is 12.9. The maximum atomic E-state index is 4.71. The van der Waals surface area contributed by atoms with Crippen molar-refractivity contribution in [2.75, 3.05) is 17.3 Å². The molecule has 1 aliphatic heterocycles. The van der Waals surface area contributed by atoms with Gasteiger partial charge in [0, 0.05) is 31.3 Å². The SMILES string of the molecule is CCc1nc(NC)cc(N2c3ccccc3CC2C)n1. The quantitative estimate of drug-likeness (QED) is 0.928. The molecule has 1 unspecified atom stereocenters. The second-order valence-corrected chi connectivity index (χ2v) is 5.18. The summed E-state index contributed by atoms with van der Waals surface area (Å²) in [5.41, 5.74) is 2.66. The number of rotatable bonds is 3. The van der Waals surface area contributed by atoms with E-state index in [2.05, 4.69) is 53.3 Å². The van der Waals surface area contributed by atoms with Crippen molar-refractivity contribution < 1.29 is 0 Å². The van der Waals surface area contributed by atoms with Gasteiger partial charge in [0.15, 0.2) is 0 Å². The van der Waals surface area contributed by atoms with E-state index in [1.54, 1.807) is 0 Å². The molecule has 1 aromatic heterocycles. The Morgan fingerprint density at radius 3 is 2.85 bits per heavy atom. The van der Waals surface area contributed by atoms with Gasteiger partial charge < -0.3 is 10.2 Å². The van der Waals surface area contributed by atoms with Crippen LogP contribution in [0.15, 0.2) is 30.3 Å². The van der Waals surface area contributed by atoms with Crippen LogP contribution in [0.5, 0.6) is 0 Å². The predicted molar refractivity (Wildman–Crippen MR) is 82.7 cm³/mol. The van der Waals surface area contributed by atoms with Gasteiger partial charge in [0.25, 0.3) is 0 Å². The third-order valence-electron chi connectivity index (χ3n) is 3.79.